The van der Waals surface area contributed by atoms with Crippen molar-refractivity contribution < 1.29 is 9.59 Å². The monoisotopic (exact) mass is 452 g/mol. The van der Waals surface area contributed by atoms with Crippen LogP contribution in [-0.4, -0.2) is 34.3 Å². The minimum absolute atomic E-state index is 0.00952. The Morgan fingerprint density at radius 2 is 1.97 bits per heavy atom. The molecule has 1 N–H and O–H groups in total. The molecule has 4 rings (SSSR count). The molecule has 1 saturated heterocycles. The summed E-state index contributed by atoms with van der Waals surface area (Å²) in [6.45, 7) is 4.69. The van der Waals surface area contributed by atoms with Gasteiger partial charge >= 0.3 is 0 Å². The summed E-state index contributed by atoms with van der Waals surface area (Å²) in [5.74, 6) is 1.12. The minimum atomic E-state index is -0.0945. The predicted octanol–water partition coefficient (Wildman–Crippen LogP) is 4.55. The van der Waals surface area contributed by atoms with E-state index in [4.69, 9.17) is 0 Å². The molecular weight excluding hydrogens is 428 g/mol. The van der Waals surface area contributed by atoms with Crippen molar-refractivity contribution in [2.45, 2.75) is 31.9 Å². The van der Waals surface area contributed by atoms with Gasteiger partial charge in [0.05, 0.1) is 5.75 Å². The topological polar surface area (TPSA) is 75.2 Å². The number of rotatable bonds is 7. The second-order valence-electron chi connectivity index (χ2n) is 7.65. The summed E-state index contributed by atoms with van der Waals surface area (Å²) in [6.07, 6.45) is 0.405. The van der Waals surface area contributed by atoms with Crippen molar-refractivity contribution in [3.05, 3.63) is 70.2 Å². The van der Waals surface area contributed by atoms with Crippen LogP contribution in [0.2, 0.25) is 0 Å². The summed E-state index contributed by atoms with van der Waals surface area (Å²) in [6, 6.07) is 16.1. The maximum atomic E-state index is 12.6. The van der Waals surface area contributed by atoms with E-state index < -0.39 is 0 Å². The number of aryl methyl sites for hydroxylation is 2. The number of hydrogen-bond donors (Lipinski definition) is 1. The fourth-order valence-corrected chi connectivity index (χ4v) is 5.10. The Labute approximate surface area is 190 Å². The van der Waals surface area contributed by atoms with Crippen molar-refractivity contribution in [1.82, 2.24) is 10.2 Å². The lowest BCUT2D eigenvalue weighted by molar-refractivity contribution is -0.117. The van der Waals surface area contributed by atoms with Gasteiger partial charge in [-0.05, 0) is 42.7 Å². The molecule has 3 aromatic rings. The molecule has 0 bridgehead atoms. The summed E-state index contributed by atoms with van der Waals surface area (Å²) >= 11 is 2.91. The van der Waals surface area contributed by atoms with Crippen LogP contribution in [0.15, 0.2) is 48.5 Å². The molecule has 160 valence electrons. The summed E-state index contributed by atoms with van der Waals surface area (Å²) < 4.78 is 0. The SMILES string of the molecule is Cc1ccc(N2CC(c3nnc(NC(=O)CSCc4ccccc4)s3)CC2=O)cc1C. The first kappa shape index (κ1) is 21.5. The van der Waals surface area contributed by atoms with E-state index in [-0.39, 0.29) is 17.7 Å². The number of benzene rings is 2. The molecule has 2 heterocycles. The zero-order valence-corrected chi connectivity index (χ0v) is 19.1. The van der Waals surface area contributed by atoms with Crippen LogP contribution in [-0.2, 0) is 15.3 Å². The van der Waals surface area contributed by atoms with Crippen LogP contribution in [0.4, 0.5) is 10.8 Å². The first-order valence-electron chi connectivity index (χ1n) is 10.1. The fraction of sp³-hybridized carbons (Fsp3) is 0.304. The number of nitrogens with zero attached hydrogens (tertiary/aromatic N) is 3. The Bertz CT molecular complexity index is 1080. The van der Waals surface area contributed by atoms with Crippen LogP contribution in [0.5, 0.6) is 0 Å². The van der Waals surface area contributed by atoms with E-state index >= 15 is 0 Å². The molecule has 1 aliphatic heterocycles. The first-order chi connectivity index (χ1) is 15.0. The Morgan fingerprint density at radius 3 is 2.74 bits per heavy atom. The van der Waals surface area contributed by atoms with Gasteiger partial charge in [-0.25, -0.2) is 0 Å². The molecule has 0 aliphatic carbocycles. The fourth-order valence-electron chi connectivity index (χ4n) is 3.46. The third-order valence-corrected chi connectivity index (χ3v) is 7.31. The molecule has 1 aromatic heterocycles. The molecule has 0 spiro atoms. The largest absolute Gasteiger partial charge is 0.312 e. The molecular formula is C23H24N4O2S2. The molecule has 1 atom stereocenters. The van der Waals surface area contributed by atoms with Gasteiger partial charge in [-0.2, -0.15) is 0 Å². The second-order valence-corrected chi connectivity index (χ2v) is 9.64. The number of thioether (sulfide) groups is 1. The number of carbonyl (C=O) groups excluding carboxylic acids is 2. The highest BCUT2D eigenvalue weighted by Crippen LogP contribution is 2.34. The summed E-state index contributed by atoms with van der Waals surface area (Å²) in [5, 5.41) is 12.4. The number of hydrogen-bond acceptors (Lipinski definition) is 6. The molecule has 6 nitrogen and oxygen atoms in total. The first-order valence-corrected chi connectivity index (χ1v) is 12.1. The van der Waals surface area contributed by atoms with Crippen molar-refractivity contribution in [2.24, 2.45) is 0 Å². The zero-order chi connectivity index (χ0) is 21.8. The highest BCUT2D eigenvalue weighted by molar-refractivity contribution is 7.99. The maximum Gasteiger partial charge on any atom is 0.236 e. The third kappa shape index (κ3) is 5.32. The van der Waals surface area contributed by atoms with Crippen LogP contribution < -0.4 is 10.2 Å². The van der Waals surface area contributed by atoms with Gasteiger partial charge in [-0.15, -0.1) is 22.0 Å². The summed E-state index contributed by atoms with van der Waals surface area (Å²) in [5.41, 5.74) is 4.49. The molecule has 2 amide bonds. The van der Waals surface area contributed by atoms with Gasteiger partial charge in [0, 0.05) is 30.3 Å². The molecule has 1 aliphatic rings. The molecule has 1 fully saturated rings. The number of carbonyl (C=O) groups is 2. The minimum Gasteiger partial charge on any atom is -0.312 e. The van der Waals surface area contributed by atoms with E-state index in [1.54, 1.807) is 11.8 Å². The molecule has 31 heavy (non-hydrogen) atoms. The number of amides is 2. The Balaban J connectivity index is 1.31. The van der Waals surface area contributed by atoms with E-state index in [2.05, 4.69) is 35.4 Å². The average molecular weight is 453 g/mol. The Hall–Kier alpha value is -2.71. The van der Waals surface area contributed by atoms with Crippen molar-refractivity contribution in [3.8, 4) is 0 Å². The Kier molecular flexibility index (Phi) is 6.67. The van der Waals surface area contributed by atoms with Gasteiger partial charge < -0.3 is 4.90 Å². The lowest BCUT2D eigenvalue weighted by Gasteiger charge is -2.17. The average Bonchev–Trinajstić information content (AvgIpc) is 3.37. The molecule has 0 radical (unpaired) electrons. The lowest BCUT2D eigenvalue weighted by atomic mass is 10.1. The zero-order valence-electron chi connectivity index (χ0n) is 17.5. The van der Waals surface area contributed by atoms with Gasteiger partial charge in [0.25, 0.3) is 0 Å². The lowest BCUT2D eigenvalue weighted by Crippen LogP contribution is -2.24. The van der Waals surface area contributed by atoms with Crippen LogP contribution >= 0.6 is 23.1 Å². The van der Waals surface area contributed by atoms with E-state index in [0.29, 0.717) is 23.8 Å². The molecule has 8 heteroatoms. The molecule has 2 aromatic carbocycles. The highest BCUT2D eigenvalue weighted by Gasteiger charge is 2.34. The smallest absolute Gasteiger partial charge is 0.236 e. The molecule has 1 unspecified atom stereocenters. The maximum absolute atomic E-state index is 12.6. The standard InChI is InChI=1S/C23H24N4O2S2/c1-15-8-9-19(10-16(15)2)27-12-18(11-21(27)29)22-25-26-23(31-22)24-20(28)14-30-13-17-6-4-3-5-7-17/h3-10,18H,11-14H2,1-2H3,(H,24,26,28). The van der Waals surface area contributed by atoms with Crippen molar-refractivity contribution >= 4 is 45.7 Å². The quantitative estimate of drug-likeness (QED) is 0.569. The van der Waals surface area contributed by atoms with Crippen molar-refractivity contribution in [3.63, 3.8) is 0 Å². The van der Waals surface area contributed by atoms with Gasteiger partial charge in [0.1, 0.15) is 5.01 Å². The summed E-state index contributed by atoms with van der Waals surface area (Å²) in [4.78, 5) is 26.6. The highest BCUT2D eigenvalue weighted by atomic mass is 32.2. The van der Waals surface area contributed by atoms with E-state index in [0.717, 1.165) is 16.4 Å². The third-order valence-electron chi connectivity index (χ3n) is 5.31. The predicted molar refractivity (Wildman–Crippen MR) is 127 cm³/mol. The van der Waals surface area contributed by atoms with Crippen LogP contribution in [0.25, 0.3) is 0 Å². The van der Waals surface area contributed by atoms with Gasteiger partial charge in [0.2, 0.25) is 16.9 Å². The van der Waals surface area contributed by atoms with Crippen molar-refractivity contribution in [1.29, 1.82) is 0 Å². The number of anilines is 2. The van der Waals surface area contributed by atoms with Gasteiger partial charge in [0.15, 0.2) is 0 Å². The van der Waals surface area contributed by atoms with Crippen LogP contribution in [0.3, 0.4) is 0 Å². The molecule has 0 saturated carbocycles. The second kappa shape index (κ2) is 9.62. The van der Waals surface area contributed by atoms with E-state index in [9.17, 15) is 9.59 Å². The van der Waals surface area contributed by atoms with Gasteiger partial charge in [-0.3, -0.25) is 14.9 Å². The summed E-state index contributed by atoms with van der Waals surface area (Å²) in [7, 11) is 0. The van der Waals surface area contributed by atoms with Crippen LogP contribution in [0.1, 0.15) is 34.0 Å². The van der Waals surface area contributed by atoms with Gasteiger partial charge in [-0.1, -0.05) is 47.7 Å². The van der Waals surface area contributed by atoms with E-state index in [1.165, 1.54) is 28.0 Å². The van der Waals surface area contributed by atoms with Crippen LogP contribution in [0, 0.1) is 13.8 Å². The van der Waals surface area contributed by atoms with E-state index in [1.807, 2.05) is 47.4 Å². The normalized spacial score (nSPS) is 16.0. The number of nitrogens with one attached hydrogen (secondary N) is 1. The number of aromatic nitrogens is 2. The Morgan fingerprint density at radius 1 is 1.16 bits per heavy atom. The van der Waals surface area contributed by atoms with Crippen molar-refractivity contribution in [2.75, 3.05) is 22.5 Å².